The molecule has 4 rings (SSSR count). The number of carbonyl (C=O) groups is 2. The molecule has 168 valence electrons. The molecule has 0 spiro atoms. The minimum atomic E-state index is -4.89. The molecular formula is C24H16F4N2O3. The molecule has 1 aliphatic heterocycles. The molecule has 0 atom stereocenters. The van der Waals surface area contributed by atoms with Crippen molar-refractivity contribution in [2.45, 2.75) is 13.3 Å². The standard InChI is InChI=1S/C24H16F4N2O3/c1-14-8-10-15(11-9-14)20-21(29-17-5-3-7-19(13-17)33-24(26,27)28)23(32)30(22(20)31)18-6-2-4-16(25)12-18/h2-13,29H,1H3. The Morgan fingerprint density at radius 3 is 2.24 bits per heavy atom. The zero-order chi connectivity index (χ0) is 23.8. The van der Waals surface area contributed by atoms with Crippen LogP contribution in [0.1, 0.15) is 11.1 Å². The molecule has 33 heavy (non-hydrogen) atoms. The van der Waals surface area contributed by atoms with E-state index in [1.165, 1.54) is 30.3 Å². The first kappa shape index (κ1) is 22.1. The van der Waals surface area contributed by atoms with E-state index in [0.717, 1.165) is 28.7 Å². The molecule has 0 aliphatic carbocycles. The van der Waals surface area contributed by atoms with Crippen LogP contribution in [0.4, 0.5) is 28.9 Å². The van der Waals surface area contributed by atoms with E-state index in [9.17, 15) is 27.2 Å². The van der Waals surface area contributed by atoms with Gasteiger partial charge in [-0.1, -0.05) is 42.0 Å². The molecule has 2 amide bonds. The summed E-state index contributed by atoms with van der Waals surface area (Å²) in [5.74, 6) is -2.60. The number of hydrogen-bond acceptors (Lipinski definition) is 4. The molecule has 9 heteroatoms. The highest BCUT2D eigenvalue weighted by Crippen LogP contribution is 2.35. The first-order valence-corrected chi connectivity index (χ1v) is 9.71. The van der Waals surface area contributed by atoms with Crippen molar-refractivity contribution >= 4 is 28.8 Å². The van der Waals surface area contributed by atoms with E-state index in [-0.39, 0.29) is 22.6 Å². The average Bonchev–Trinajstić information content (AvgIpc) is 2.97. The second-order valence-electron chi connectivity index (χ2n) is 7.24. The van der Waals surface area contributed by atoms with Gasteiger partial charge >= 0.3 is 6.36 Å². The zero-order valence-electron chi connectivity index (χ0n) is 17.1. The zero-order valence-corrected chi connectivity index (χ0v) is 17.1. The van der Waals surface area contributed by atoms with Crippen molar-refractivity contribution < 1.29 is 31.9 Å². The second-order valence-corrected chi connectivity index (χ2v) is 7.24. The number of aryl methyl sites for hydroxylation is 1. The smallest absolute Gasteiger partial charge is 0.406 e. The van der Waals surface area contributed by atoms with Gasteiger partial charge in [-0.2, -0.15) is 0 Å². The van der Waals surface area contributed by atoms with E-state index >= 15 is 0 Å². The Kier molecular flexibility index (Phi) is 5.63. The Hall–Kier alpha value is -4.14. The summed E-state index contributed by atoms with van der Waals surface area (Å²) < 4.78 is 55.5. The van der Waals surface area contributed by atoms with Crippen LogP contribution < -0.4 is 15.0 Å². The summed E-state index contributed by atoms with van der Waals surface area (Å²) in [6, 6.07) is 16.7. The summed E-state index contributed by atoms with van der Waals surface area (Å²) in [7, 11) is 0. The van der Waals surface area contributed by atoms with Gasteiger partial charge in [-0.3, -0.25) is 9.59 Å². The molecule has 0 unspecified atom stereocenters. The van der Waals surface area contributed by atoms with Crippen LogP contribution in [0.15, 0.2) is 78.5 Å². The van der Waals surface area contributed by atoms with Gasteiger partial charge in [-0.15, -0.1) is 13.2 Å². The fourth-order valence-corrected chi connectivity index (χ4v) is 3.40. The summed E-state index contributed by atoms with van der Waals surface area (Å²) in [5.41, 5.74) is 1.32. The Bertz CT molecular complexity index is 1270. The third-order valence-corrected chi connectivity index (χ3v) is 4.83. The van der Waals surface area contributed by atoms with Gasteiger partial charge in [0.15, 0.2) is 0 Å². The molecule has 5 nitrogen and oxygen atoms in total. The molecule has 0 saturated carbocycles. The van der Waals surface area contributed by atoms with Crippen molar-refractivity contribution in [3.05, 3.63) is 95.4 Å². The molecular weight excluding hydrogens is 440 g/mol. The van der Waals surface area contributed by atoms with Gasteiger partial charge in [0.05, 0.1) is 11.3 Å². The topological polar surface area (TPSA) is 58.6 Å². The largest absolute Gasteiger partial charge is 0.573 e. The summed E-state index contributed by atoms with van der Waals surface area (Å²) >= 11 is 0. The van der Waals surface area contributed by atoms with Crippen molar-refractivity contribution in [2.24, 2.45) is 0 Å². The molecule has 0 bridgehead atoms. The van der Waals surface area contributed by atoms with Crippen LogP contribution in [-0.2, 0) is 9.59 Å². The minimum Gasteiger partial charge on any atom is -0.406 e. The number of amides is 2. The summed E-state index contributed by atoms with van der Waals surface area (Å²) in [5, 5.41) is 2.75. The summed E-state index contributed by atoms with van der Waals surface area (Å²) in [4.78, 5) is 27.3. The number of rotatable bonds is 5. The lowest BCUT2D eigenvalue weighted by atomic mass is 10.0. The highest BCUT2D eigenvalue weighted by Gasteiger charge is 2.40. The van der Waals surface area contributed by atoms with Gasteiger partial charge < -0.3 is 10.1 Å². The van der Waals surface area contributed by atoms with E-state index in [1.54, 1.807) is 24.3 Å². The number of anilines is 2. The maximum absolute atomic E-state index is 13.8. The maximum Gasteiger partial charge on any atom is 0.573 e. The van der Waals surface area contributed by atoms with Crippen molar-refractivity contribution in [2.75, 3.05) is 10.2 Å². The van der Waals surface area contributed by atoms with Crippen LogP contribution in [0, 0.1) is 12.7 Å². The van der Waals surface area contributed by atoms with E-state index < -0.39 is 29.7 Å². The number of nitrogens with zero attached hydrogens (tertiary/aromatic N) is 1. The molecule has 0 fully saturated rings. The predicted molar refractivity (Wildman–Crippen MR) is 114 cm³/mol. The van der Waals surface area contributed by atoms with Crippen molar-refractivity contribution in [3.63, 3.8) is 0 Å². The monoisotopic (exact) mass is 456 g/mol. The summed E-state index contributed by atoms with van der Waals surface area (Å²) in [6.45, 7) is 1.85. The van der Waals surface area contributed by atoms with Crippen molar-refractivity contribution in [3.8, 4) is 5.75 Å². The molecule has 1 N–H and O–H groups in total. The summed E-state index contributed by atoms with van der Waals surface area (Å²) in [6.07, 6.45) is -4.89. The number of imide groups is 1. The predicted octanol–water partition coefficient (Wildman–Crippen LogP) is 5.43. The van der Waals surface area contributed by atoms with Crippen LogP contribution in [-0.4, -0.2) is 18.2 Å². The first-order chi connectivity index (χ1) is 15.6. The van der Waals surface area contributed by atoms with Crippen LogP contribution in [0.3, 0.4) is 0 Å². The van der Waals surface area contributed by atoms with Crippen LogP contribution in [0.2, 0.25) is 0 Å². The fourth-order valence-electron chi connectivity index (χ4n) is 3.40. The molecule has 3 aromatic carbocycles. The average molecular weight is 456 g/mol. The fraction of sp³-hybridized carbons (Fsp3) is 0.0833. The molecule has 1 heterocycles. The first-order valence-electron chi connectivity index (χ1n) is 9.71. The molecule has 0 saturated heterocycles. The van der Waals surface area contributed by atoms with Gasteiger partial charge in [0.2, 0.25) is 0 Å². The van der Waals surface area contributed by atoms with Crippen LogP contribution in [0.5, 0.6) is 5.75 Å². The number of ether oxygens (including phenoxy) is 1. The molecule has 0 aromatic heterocycles. The number of benzene rings is 3. The Labute approximate surface area is 185 Å². The number of alkyl halides is 3. The number of carbonyl (C=O) groups excluding carboxylic acids is 2. The lowest BCUT2D eigenvalue weighted by Gasteiger charge is -2.15. The third kappa shape index (κ3) is 4.72. The highest BCUT2D eigenvalue weighted by molar-refractivity contribution is 6.46. The van der Waals surface area contributed by atoms with E-state index in [2.05, 4.69) is 10.1 Å². The van der Waals surface area contributed by atoms with Gasteiger partial charge in [0, 0.05) is 11.8 Å². The second kappa shape index (κ2) is 8.42. The minimum absolute atomic E-state index is 0.00593. The Morgan fingerprint density at radius 2 is 1.58 bits per heavy atom. The highest BCUT2D eigenvalue weighted by atomic mass is 19.4. The lowest BCUT2D eigenvalue weighted by Crippen LogP contribution is -2.32. The van der Waals surface area contributed by atoms with Crippen molar-refractivity contribution in [1.82, 2.24) is 0 Å². The van der Waals surface area contributed by atoms with Gasteiger partial charge in [-0.05, 0) is 42.8 Å². The maximum atomic E-state index is 13.8. The molecule has 1 aliphatic rings. The number of hydrogen-bond donors (Lipinski definition) is 1. The van der Waals surface area contributed by atoms with Crippen molar-refractivity contribution in [1.29, 1.82) is 0 Å². The number of halogens is 4. The quantitative estimate of drug-likeness (QED) is 0.411. The lowest BCUT2D eigenvalue weighted by molar-refractivity contribution is -0.274. The van der Waals surface area contributed by atoms with Crippen LogP contribution >= 0.6 is 0 Å². The van der Waals surface area contributed by atoms with E-state index in [4.69, 9.17) is 0 Å². The SMILES string of the molecule is Cc1ccc(C2=C(Nc3cccc(OC(F)(F)F)c3)C(=O)N(c3cccc(F)c3)C2=O)cc1. The van der Waals surface area contributed by atoms with Gasteiger partial charge in [-0.25, -0.2) is 9.29 Å². The van der Waals surface area contributed by atoms with E-state index in [0.29, 0.717) is 5.56 Å². The Balaban J connectivity index is 1.77. The van der Waals surface area contributed by atoms with Gasteiger partial charge in [0.25, 0.3) is 11.8 Å². The Morgan fingerprint density at radius 1 is 0.879 bits per heavy atom. The molecule has 3 aromatic rings. The van der Waals surface area contributed by atoms with E-state index in [1.807, 2.05) is 6.92 Å². The number of nitrogens with one attached hydrogen (secondary N) is 1. The normalized spacial score (nSPS) is 14.2. The molecule has 0 radical (unpaired) electrons. The third-order valence-electron chi connectivity index (χ3n) is 4.83. The van der Waals surface area contributed by atoms with Crippen LogP contribution in [0.25, 0.3) is 5.57 Å². The van der Waals surface area contributed by atoms with Gasteiger partial charge in [0.1, 0.15) is 17.3 Å².